The number of morpholine rings is 1. The van der Waals surface area contributed by atoms with Gasteiger partial charge in [-0.1, -0.05) is 32.1 Å². The molecule has 0 spiro atoms. The van der Waals surface area contributed by atoms with Gasteiger partial charge in [-0.05, 0) is 25.1 Å². The molecule has 1 saturated heterocycles. The van der Waals surface area contributed by atoms with Gasteiger partial charge in [0, 0.05) is 13.1 Å². The molecular weight excluding hydrogens is 218 g/mol. The van der Waals surface area contributed by atoms with E-state index in [9.17, 15) is 0 Å². The van der Waals surface area contributed by atoms with Crippen molar-refractivity contribution in [1.82, 2.24) is 4.90 Å². The van der Waals surface area contributed by atoms with E-state index in [0.29, 0.717) is 0 Å². The monoisotopic (exact) mass is 245 g/mol. The summed E-state index contributed by atoms with van der Waals surface area (Å²) >= 11 is 4.22. The highest BCUT2D eigenvalue weighted by atomic mass is 32.1. The Balaban J connectivity index is 1.77. The van der Waals surface area contributed by atoms with Crippen LogP contribution in [-0.2, 0) is 4.74 Å². The summed E-state index contributed by atoms with van der Waals surface area (Å²) in [5.74, 6) is 1.05. The van der Waals surface area contributed by atoms with Crippen LogP contribution in [0.4, 0.5) is 0 Å². The van der Waals surface area contributed by atoms with Crippen molar-refractivity contribution in [3.63, 3.8) is 0 Å². The fourth-order valence-electron chi connectivity index (χ4n) is 2.16. The highest BCUT2D eigenvalue weighted by molar-refractivity contribution is 7.80. The number of hydrogen-bond donors (Lipinski definition) is 1. The number of hydrogen-bond acceptors (Lipinski definition) is 3. The molecule has 0 unspecified atom stereocenters. The van der Waals surface area contributed by atoms with Gasteiger partial charge in [0.1, 0.15) is 0 Å². The minimum absolute atomic E-state index is 0.934. The summed E-state index contributed by atoms with van der Waals surface area (Å²) in [7, 11) is 0. The Morgan fingerprint density at radius 1 is 0.812 bits per heavy atom. The molecule has 96 valence electrons. The molecular formula is C13H27NOS. The molecule has 1 aliphatic rings. The van der Waals surface area contributed by atoms with Crippen LogP contribution in [0.3, 0.4) is 0 Å². The summed E-state index contributed by atoms with van der Waals surface area (Å²) in [6.45, 7) is 5.43. The first-order valence-corrected chi connectivity index (χ1v) is 7.47. The molecule has 0 atom stereocenters. The molecule has 16 heavy (non-hydrogen) atoms. The van der Waals surface area contributed by atoms with Crippen molar-refractivity contribution in [3.05, 3.63) is 0 Å². The van der Waals surface area contributed by atoms with Gasteiger partial charge in [0.05, 0.1) is 13.2 Å². The van der Waals surface area contributed by atoms with E-state index in [1.54, 1.807) is 0 Å². The van der Waals surface area contributed by atoms with E-state index in [1.165, 1.54) is 51.5 Å². The molecule has 0 aromatic heterocycles. The second kappa shape index (κ2) is 10.4. The van der Waals surface area contributed by atoms with Crippen LogP contribution in [0.25, 0.3) is 0 Å². The fourth-order valence-corrected chi connectivity index (χ4v) is 2.38. The topological polar surface area (TPSA) is 12.5 Å². The van der Waals surface area contributed by atoms with Gasteiger partial charge in [-0.2, -0.15) is 12.6 Å². The SMILES string of the molecule is SCCCCCCCCCN1CCOCC1. The molecule has 0 radical (unpaired) electrons. The lowest BCUT2D eigenvalue weighted by Crippen LogP contribution is -2.36. The van der Waals surface area contributed by atoms with Crippen molar-refractivity contribution in [2.24, 2.45) is 0 Å². The molecule has 0 aromatic carbocycles. The zero-order valence-corrected chi connectivity index (χ0v) is 11.4. The Labute approximate surface area is 106 Å². The number of ether oxygens (including phenoxy) is 1. The van der Waals surface area contributed by atoms with Crippen molar-refractivity contribution < 1.29 is 4.74 Å². The third-order valence-corrected chi connectivity index (χ3v) is 3.55. The van der Waals surface area contributed by atoms with Gasteiger partial charge >= 0.3 is 0 Å². The van der Waals surface area contributed by atoms with Crippen LogP contribution < -0.4 is 0 Å². The Kier molecular flexibility index (Phi) is 9.34. The zero-order chi connectivity index (χ0) is 11.5. The first-order valence-electron chi connectivity index (χ1n) is 6.84. The van der Waals surface area contributed by atoms with Gasteiger partial charge in [0.25, 0.3) is 0 Å². The van der Waals surface area contributed by atoms with Crippen LogP contribution in [0, 0.1) is 0 Å². The van der Waals surface area contributed by atoms with Crippen molar-refractivity contribution in [2.45, 2.75) is 44.9 Å². The van der Waals surface area contributed by atoms with Crippen LogP contribution in [0.1, 0.15) is 44.9 Å². The predicted molar refractivity (Wildman–Crippen MR) is 73.4 cm³/mol. The summed E-state index contributed by atoms with van der Waals surface area (Å²) in [6.07, 6.45) is 9.65. The zero-order valence-electron chi connectivity index (χ0n) is 10.5. The van der Waals surface area contributed by atoms with Crippen molar-refractivity contribution in [1.29, 1.82) is 0 Å². The summed E-state index contributed by atoms with van der Waals surface area (Å²) in [5.41, 5.74) is 0. The van der Waals surface area contributed by atoms with Gasteiger partial charge in [0.2, 0.25) is 0 Å². The minimum atomic E-state index is 0.934. The largest absolute Gasteiger partial charge is 0.379 e. The lowest BCUT2D eigenvalue weighted by Gasteiger charge is -2.26. The summed E-state index contributed by atoms with van der Waals surface area (Å²) in [5, 5.41) is 0. The van der Waals surface area contributed by atoms with Gasteiger partial charge in [-0.25, -0.2) is 0 Å². The van der Waals surface area contributed by atoms with Gasteiger partial charge < -0.3 is 4.74 Å². The van der Waals surface area contributed by atoms with Crippen LogP contribution in [0.5, 0.6) is 0 Å². The lowest BCUT2D eigenvalue weighted by atomic mass is 10.1. The maximum atomic E-state index is 5.33. The van der Waals surface area contributed by atoms with Crippen LogP contribution in [0.15, 0.2) is 0 Å². The molecule has 3 heteroatoms. The fraction of sp³-hybridized carbons (Fsp3) is 1.00. The summed E-state index contributed by atoms with van der Waals surface area (Å²) < 4.78 is 5.33. The smallest absolute Gasteiger partial charge is 0.0594 e. The van der Waals surface area contributed by atoms with E-state index < -0.39 is 0 Å². The Bertz CT molecular complexity index is 149. The Hall–Kier alpha value is 0.270. The highest BCUT2D eigenvalue weighted by Crippen LogP contribution is 2.08. The molecule has 2 nitrogen and oxygen atoms in total. The molecule has 1 rings (SSSR count). The molecule has 0 saturated carbocycles. The van der Waals surface area contributed by atoms with Crippen LogP contribution >= 0.6 is 12.6 Å². The number of rotatable bonds is 9. The van der Waals surface area contributed by atoms with E-state index in [2.05, 4.69) is 17.5 Å². The summed E-state index contributed by atoms with van der Waals surface area (Å²) in [6, 6.07) is 0. The molecule has 1 aliphatic heterocycles. The standard InChI is InChI=1S/C13H27NOS/c16-13-7-5-3-1-2-4-6-8-14-9-11-15-12-10-14/h16H,1-13H2. The highest BCUT2D eigenvalue weighted by Gasteiger charge is 2.08. The number of unbranched alkanes of at least 4 members (excludes halogenated alkanes) is 6. The van der Waals surface area contributed by atoms with Gasteiger partial charge in [0.15, 0.2) is 0 Å². The first-order chi connectivity index (χ1) is 7.93. The Morgan fingerprint density at radius 3 is 2.00 bits per heavy atom. The van der Waals surface area contributed by atoms with E-state index in [4.69, 9.17) is 4.74 Å². The summed E-state index contributed by atoms with van der Waals surface area (Å²) in [4.78, 5) is 2.53. The Morgan fingerprint density at radius 2 is 1.38 bits per heavy atom. The normalized spacial score (nSPS) is 17.8. The van der Waals surface area contributed by atoms with E-state index >= 15 is 0 Å². The van der Waals surface area contributed by atoms with E-state index in [-0.39, 0.29) is 0 Å². The third-order valence-electron chi connectivity index (χ3n) is 3.24. The average molecular weight is 245 g/mol. The minimum Gasteiger partial charge on any atom is -0.379 e. The third kappa shape index (κ3) is 7.53. The van der Waals surface area contributed by atoms with Crippen molar-refractivity contribution >= 4 is 12.6 Å². The van der Waals surface area contributed by atoms with E-state index in [0.717, 1.165) is 32.1 Å². The van der Waals surface area contributed by atoms with Gasteiger partial charge in [-0.3, -0.25) is 4.90 Å². The molecule has 1 heterocycles. The molecule has 0 bridgehead atoms. The predicted octanol–water partition coefficient (Wildman–Crippen LogP) is 2.98. The second-order valence-electron chi connectivity index (χ2n) is 4.65. The molecule has 1 fully saturated rings. The second-order valence-corrected chi connectivity index (χ2v) is 5.10. The molecule has 0 aromatic rings. The maximum Gasteiger partial charge on any atom is 0.0594 e. The van der Waals surface area contributed by atoms with Crippen LogP contribution in [0.2, 0.25) is 0 Å². The van der Waals surface area contributed by atoms with Gasteiger partial charge in [-0.15, -0.1) is 0 Å². The molecule has 0 aliphatic carbocycles. The van der Waals surface area contributed by atoms with Crippen LogP contribution in [-0.4, -0.2) is 43.5 Å². The lowest BCUT2D eigenvalue weighted by molar-refractivity contribution is 0.0371. The van der Waals surface area contributed by atoms with E-state index in [1.807, 2.05) is 0 Å². The quantitative estimate of drug-likeness (QED) is 0.495. The first kappa shape index (κ1) is 14.3. The molecule has 0 N–H and O–H groups in total. The van der Waals surface area contributed by atoms with Crippen molar-refractivity contribution in [3.8, 4) is 0 Å². The number of nitrogens with zero attached hydrogens (tertiary/aromatic N) is 1. The molecule has 0 amide bonds. The maximum absolute atomic E-state index is 5.33. The van der Waals surface area contributed by atoms with Crippen molar-refractivity contribution in [2.75, 3.05) is 38.6 Å². The number of thiol groups is 1. The average Bonchev–Trinajstić information content (AvgIpc) is 2.34.